The van der Waals surface area contributed by atoms with Gasteiger partial charge in [-0.15, -0.1) is 0 Å². The number of anilines is 2. The van der Waals surface area contributed by atoms with Gasteiger partial charge in [-0.2, -0.15) is 0 Å². The maximum Gasteiger partial charge on any atom is 0.272 e. The molecule has 2 heterocycles. The average Bonchev–Trinajstić information content (AvgIpc) is 2.83. The zero-order valence-electron chi connectivity index (χ0n) is 20.2. The molecule has 1 aliphatic heterocycles. The molecule has 4 rings (SSSR count). The van der Waals surface area contributed by atoms with Gasteiger partial charge < -0.3 is 15.1 Å². The zero-order chi connectivity index (χ0) is 24.3. The van der Waals surface area contributed by atoms with Crippen LogP contribution in [-0.4, -0.2) is 58.8 Å². The highest BCUT2D eigenvalue weighted by Crippen LogP contribution is 2.33. The van der Waals surface area contributed by atoms with Crippen LogP contribution in [0.15, 0.2) is 60.7 Å². The van der Waals surface area contributed by atoms with E-state index in [-0.39, 0.29) is 11.8 Å². The van der Waals surface area contributed by atoms with Crippen LogP contribution in [0.5, 0.6) is 0 Å². The van der Waals surface area contributed by atoms with Crippen molar-refractivity contribution in [3.63, 3.8) is 0 Å². The monoisotopic (exact) mass is 457 g/mol. The van der Waals surface area contributed by atoms with Gasteiger partial charge in [-0.3, -0.25) is 9.59 Å². The molecule has 3 aromatic rings. The first-order valence-corrected chi connectivity index (χ1v) is 11.5. The largest absolute Gasteiger partial charge is 0.355 e. The number of nitrogens with one attached hydrogen (secondary N) is 1. The second-order valence-corrected chi connectivity index (χ2v) is 9.35. The van der Waals surface area contributed by atoms with Crippen LogP contribution in [-0.2, 0) is 5.41 Å². The van der Waals surface area contributed by atoms with E-state index in [4.69, 9.17) is 0 Å². The summed E-state index contributed by atoms with van der Waals surface area (Å²) < 4.78 is 0. The van der Waals surface area contributed by atoms with Crippen molar-refractivity contribution in [1.29, 1.82) is 0 Å². The van der Waals surface area contributed by atoms with Crippen LogP contribution in [0.25, 0.3) is 0 Å². The lowest BCUT2D eigenvalue weighted by atomic mass is 9.80. The Morgan fingerprint density at radius 3 is 2.47 bits per heavy atom. The molecule has 0 saturated carbocycles. The predicted octanol–water partition coefficient (Wildman–Crippen LogP) is 4.42. The summed E-state index contributed by atoms with van der Waals surface area (Å²) in [6.45, 7) is 5.12. The van der Waals surface area contributed by atoms with Gasteiger partial charge in [0.1, 0.15) is 11.5 Å². The van der Waals surface area contributed by atoms with E-state index in [1.165, 1.54) is 4.90 Å². The summed E-state index contributed by atoms with van der Waals surface area (Å²) >= 11 is 0. The summed E-state index contributed by atoms with van der Waals surface area (Å²) in [6.07, 6.45) is 1.69. The van der Waals surface area contributed by atoms with Crippen molar-refractivity contribution >= 4 is 23.2 Å². The van der Waals surface area contributed by atoms with Gasteiger partial charge in [0, 0.05) is 44.0 Å². The van der Waals surface area contributed by atoms with E-state index in [0.29, 0.717) is 30.2 Å². The lowest BCUT2D eigenvalue weighted by molar-refractivity contribution is 0.0643. The Morgan fingerprint density at radius 2 is 1.74 bits per heavy atom. The number of amides is 2. The number of para-hydroxylation sites is 2. The lowest BCUT2D eigenvalue weighted by Crippen LogP contribution is -2.48. The lowest BCUT2D eigenvalue weighted by Gasteiger charge is -2.39. The number of hydrogen-bond acceptors (Lipinski definition) is 5. The number of rotatable bonds is 5. The molecular weight excluding hydrogens is 426 g/mol. The third-order valence-corrected chi connectivity index (χ3v) is 6.21. The van der Waals surface area contributed by atoms with Crippen LogP contribution < -0.4 is 5.32 Å². The van der Waals surface area contributed by atoms with Crippen molar-refractivity contribution in [1.82, 2.24) is 19.8 Å². The summed E-state index contributed by atoms with van der Waals surface area (Å²) in [5.41, 5.74) is 3.02. The summed E-state index contributed by atoms with van der Waals surface area (Å²) in [5.74, 6) is 0.438. The van der Waals surface area contributed by atoms with Crippen molar-refractivity contribution in [2.75, 3.05) is 32.5 Å². The number of carbonyl (C=O) groups excluding carboxylic acids is 2. The zero-order valence-corrected chi connectivity index (χ0v) is 20.2. The first-order valence-electron chi connectivity index (χ1n) is 11.5. The SMILES string of the molecule is Cc1cc(C(=O)N(C)C)nc(C2(C)CCCN(C(=O)c3ccccc3Nc3ccccc3)C2)n1. The van der Waals surface area contributed by atoms with Crippen LogP contribution in [0.4, 0.5) is 11.4 Å². The fraction of sp³-hybridized carbons (Fsp3) is 0.333. The second kappa shape index (κ2) is 9.63. The Morgan fingerprint density at radius 1 is 1.03 bits per heavy atom. The Kier molecular flexibility index (Phi) is 6.63. The Balaban J connectivity index is 1.60. The summed E-state index contributed by atoms with van der Waals surface area (Å²) in [4.78, 5) is 38.9. The van der Waals surface area contributed by atoms with Crippen molar-refractivity contribution in [3.05, 3.63) is 83.4 Å². The number of aryl methyl sites for hydroxylation is 1. The standard InChI is InChI=1S/C27H31N5O2/c1-19-17-23(25(34)31(3)4)30-26(28-19)27(2)15-10-16-32(18-27)24(33)21-13-8-9-14-22(21)29-20-11-6-5-7-12-20/h5-9,11-14,17,29H,10,15-16,18H2,1-4H3. The fourth-order valence-corrected chi connectivity index (χ4v) is 4.40. The molecule has 1 N–H and O–H groups in total. The highest BCUT2D eigenvalue weighted by atomic mass is 16.2. The van der Waals surface area contributed by atoms with E-state index < -0.39 is 5.41 Å². The molecule has 1 fully saturated rings. The minimum atomic E-state index is -0.441. The number of aromatic nitrogens is 2. The number of benzene rings is 2. The number of nitrogens with zero attached hydrogens (tertiary/aromatic N) is 4. The molecule has 0 spiro atoms. The highest BCUT2D eigenvalue weighted by molar-refractivity contribution is 6.00. The van der Waals surface area contributed by atoms with E-state index >= 15 is 0 Å². The molecule has 7 nitrogen and oxygen atoms in total. The fourth-order valence-electron chi connectivity index (χ4n) is 4.40. The minimum absolute atomic E-state index is 0.0257. The van der Waals surface area contributed by atoms with Gasteiger partial charge >= 0.3 is 0 Å². The Bertz CT molecular complexity index is 1190. The van der Waals surface area contributed by atoms with Crippen molar-refractivity contribution in [2.24, 2.45) is 0 Å². The number of hydrogen-bond donors (Lipinski definition) is 1. The molecule has 1 unspecified atom stereocenters. The Hall–Kier alpha value is -3.74. The highest BCUT2D eigenvalue weighted by Gasteiger charge is 2.38. The average molecular weight is 458 g/mol. The van der Waals surface area contributed by atoms with E-state index in [2.05, 4.69) is 22.2 Å². The van der Waals surface area contributed by atoms with Gasteiger partial charge in [0.15, 0.2) is 0 Å². The number of likely N-dealkylation sites (tertiary alicyclic amines) is 1. The third-order valence-electron chi connectivity index (χ3n) is 6.21. The van der Waals surface area contributed by atoms with Crippen LogP contribution in [0.2, 0.25) is 0 Å². The van der Waals surface area contributed by atoms with Gasteiger partial charge in [0.25, 0.3) is 11.8 Å². The summed E-state index contributed by atoms with van der Waals surface area (Å²) in [7, 11) is 3.42. The molecule has 2 amide bonds. The van der Waals surface area contributed by atoms with Gasteiger partial charge in [-0.05, 0) is 50.1 Å². The van der Waals surface area contributed by atoms with E-state index in [1.807, 2.05) is 66.4 Å². The van der Waals surface area contributed by atoms with E-state index in [9.17, 15) is 9.59 Å². The molecule has 2 aromatic carbocycles. The van der Waals surface area contributed by atoms with Gasteiger partial charge in [-0.1, -0.05) is 37.3 Å². The molecule has 0 bridgehead atoms. The van der Waals surface area contributed by atoms with Crippen molar-refractivity contribution in [3.8, 4) is 0 Å². The van der Waals surface area contributed by atoms with Gasteiger partial charge in [0.2, 0.25) is 0 Å². The summed E-state index contributed by atoms with van der Waals surface area (Å²) in [6, 6.07) is 19.1. The molecular formula is C27H31N5O2. The minimum Gasteiger partial charge on any atom is -0.355 e. The van der Waals surface area contributed by atoms with Crippen molar-refractivity contribution in [2.45, 2.75) is 32.1 Å². The molecule has 1 aliphatic rings. The van der Waals surface area contributed by atoms with E-state index in [1.54, 1.807) is 20.2 Å². The second-order valence-electron chi connectivity index (χ2n) is 9.35. The quantitative estimate of drug-likeness (QED) is 0.613. The molecule has 1 atom stereocenters. The molecule has 0 radical (unpaired) electrons. The van der Waals surface area contributed by atoms with Crippen LogP contribution >= 0.6 is 0 Å². The molecule has 1 aromatic heterocycles. The molecule has 34 heavy (non-hydrogen) atoms. The van der Waals surface area contributed by atoms with Crippen molar-refractivity contribution < 1.29 is 9.59 Å². The smallest absolute Gasteiger partial charge is 0.272 e. The van der Waals surface area contributed by atoms with E-state index in [0.717, 1.165) is 29.9 Å². The first-order chi connectivity index (χ1) is 16.3. The number of piperidine rings is 1. The maximum atomic E-state index is 13.6. The Labute approximate surface area is 200 Å². The van der Waals surface area contributed by atoms with Gasteiger partial charge in [0.05, 0.1) is 11.3 Å². The topological polar surface area (TPSA) is 78.4 Å². The summed E-state index contributed by atoms with van der Waals surface area (Å²) in [5, 5.41) is 3.37. The maximum absolute atomic E-state index is 13.6. The van der Waals surface area contributed by atoms with Crippen LogP contribution in [0.3, 0.4) is 0 Å². The number of carbonyl (C=O) groups is 2. The normalized spacial score (nSPS) is 17.8. The molecule has 176 valence electrons. The molecule has 0 aliphatic carbocycles. The van der Waals surface area contributed by atoms with Crippen LogP contribution in [0.1, 0.15) is 52.1 Å². The predicted molar refractivity (Wildman–Crippen MR) is 133 cm³/mol. The first kappa shape index (κ1) is 23.4. The third kappa shape index (κ3) is 4.93. The molecule has 1 saturated heterocycles. The van der Waals surface area contributed by atoms with Crippen LogP contribution in [0, 0.1) is 6.92 Å². The molecule has 7 heteroatoms. The van der Waals surface area contributed by atoms with Gasteiger partial charge in [-0.25, -0.2) is 9.97 Å².